The summed E-state index contributed by atoms with van der Waals surface area (Å²) in [7, 11) is -1.58. The lowest BCUT2D eigenvalue weighted by atomic mass is 10.1. The van der Waals surface area contributed by atoms with Crippen LogP contribution in [0.3, 0.4) is 0 Å². The van der Waals surface area contributed by atoms with Crippen LogP contribution in [0.25, 0.3) is 0 Å². The van der Waals surface area contributed by atoms with Gasteiger partial charge in [0.25, 0.3) is 10.0 Å². The number of hydrogen-bond acceptors (Lipinski definition) is 5. The van der Waals surface area contributed by atoms with Gasteiger partial charge in [0.2, 0.25) is 0 Å². The van der Waals surface area contributed by atoms with E-state index in [0.717, 1.165) is 25.9 Å². The van der Waals surface area contributed by atoms with Crippen molar-refractivity contribution in [1.82, 2.24) is 19.2 Å². The Labute approximate surface area is 113 Å². The van der Waals surface area contributed by atoms with Crippen LogP contribution in [0, 0.1) is 0 Å². The van der Waals surface area contributed by atoms with Crippen LogP contribution in [-0.2, 0) is 10.0 Å². The first-order chi connectivity index (χ1) is 9.05. The van der Waals surface area contributed by atoms with Crippen molar-refractivity contribution in [1.29, 1.82) is 0 Å². The van der Waals surface area contributed by atoms with Crippen molar-refractivity contribution >= 4 is 10.0 Å². The van der Waals surface area contributed by atoms with Gasteiger partial charge in [-0.1, -0.05) is 0 Å². The van der Waals surface area contributed by atoms with Gasteiger partial charge >= 0.3 is 0 Å². The Kier molecular flexibility index (Phi) is 4.56. The molecule has 0 bridgehead atoms. The number of aliphatic hydroxyl groups excluding tert-OH is 1. The number of nitrogens with zero attached hydrogens (tertiary/aromatic N) is 3. The molecule has 0 unspecified atom stereocenters. The lowest BCUT2D eigenvalue weighted by molar-refractivity contribution is 0.161. The van der Waals surface area contributed by atoms with E-state index in [9.17, 15) is 8.42 Å². The molecule has 1 aromatic heterocycles. The van der Waals surface area contributed by atoms with E-state index in [1.165, 1.54) is 16.8 Å². The smallest absolute Gasteiger partial charge is 0.260 e. The van der Waals surface area contributed by atoms with Gasteiger partial charge in [-0.15, -0.1) is 0 Å². The maximum atomic E-state index is 12.5. The average molecular weight is 288 g/mol. The summed E-state index contributed by atoms with van der Waals surface area (Å²) in [5.41, 5.74) is 0. The number of imidazole rings is 1. The molecule has 0 aromatic carbocycles. The van der Waals surface area contributed by atoms with Crippen LogP contribution in [0.4, 0.5) is 0 Å². The molecule has 1 aliphatic heterocycles. The van der Waals surface area contributed by atoms with E-state index in [-0.39, 0.29) is 24.2 Å². The van der Waals surface area contributed by atoms with E-state index in [4.69, 9.17) is 5.11 Å². The van der Waals surface area contributed by atoms with Gasteiger partial charge in [0.1, 0.15) is 0 Å². The van der Waals surface area contributed by atoms with Crippen molar-refractivity contribution in [2.75, 3.05) is 33.3 Å². The molecule has 2 rings (SSSR count). The zero-order valence-corrected chi connectivity index (χ0v) is 11.8. The zero-order chi connectivity index (χ0) is 13.9. The minimum atomic E-state index is -3.60. The van der Waals surface area contributed by atoms with Crippen LogP contribution in [0.1, 0.15) is 12.8 Å². The van der Waals surface area contributed by atoms with E-state index in [0.29, 0.717) is 0 Å². The number of sulfonamides is 1. The Hall–Kier alpha value is -0.960. The molecule has 0 aliphatic carbocycles. The molecule has 19 heavy (non-hydrogen) atoms. The first-order valence-electron chi connectivity index (χ1n) is 6.35. The number of aliphatic hydroxyl groups is 1. The third kappa shape index (κ3) is 3.14. The summed E-state index contributed by atoms with van der Waals surface area (Å²) in [5.74, 6) is 0. The lowest BCUT2D eigenvalue weighted by Gasteiger charge is -2.35. The quantitative estimate of drug-likeness (QED) is 0.761. The fourth-order valence-corrected chi connectivity index (χ4v) is 3.96. The van der Waals surface area contributed by atoms with Gasteiger partial charge < -0.3 is 15.0 Å². The number of nitrogens with one attached hydrogen (secondary N) is 1. The molecule has 1 aliphatic rings. The van der Waals surface area contributed by atoms with Gasteiger partial charge in [0.05, 0.1) is 19.1 Å². The van der Waals surface area contributed by atoms with Crippen molar-refractivity contribution in [3.05, 3.63) is 12.5 Å². The fourth-order valence-electron chi connectivity index (χ4n) is 2.39. The summed E-state index contributed by atoms with van der Waals surface area (Å²) in [5, 5.41) is 9.22. The summed E-state index contributed by atoms with van der Waals surface area (Å²) in [4.78, 5) is 8.56. The number of likely N-dealkylation sites (tertiary alicyclic amines) is 1. The number of rotatable bonds is 5. The highest BCUT2D eigenvalue weighted by molar-refractivity contribution is 7.89. The van der Waals surface area contributed by atoms with Crippen molar-refractivity contribution in [2.24, 2.45) is 0 Å². The molecular formula is C11H20N4O3S. The van der Waals surface area contributed by atoms with Crippen LogP contribution < -0.4 is 0 Å². The largest absolute Gasteiger partial charge is 0.395 e. The Morgan fingerprint density at radius 2 is 2.21 bits per heavy atom. The highest BCUT2D eigenvalue weighted by Crippen LogP contribution is 2.22. The fraction of sp³-hybridized carbons (Fsp3) is 0.727. The Balaban J connectivity index is 2.20. The Morgan fingerprint density at radius 3 is 2.74 bits per heavy atom. The van der Waals surface area contributed by atoms with Gasteiger partial charge in [0.15, 0.2) is 5.03 Å². The van der Waals surface area contributed by atoms with Crippen molar-refractivity contribution < 1.29 is 13.5 Å². The van der Waals surface area contributed by atoms with Crippen molar-refractivity contribution in [3.63, 3.8) is 0 Å². The van der Waals surface area contributed by atoms with Gasteiger partial charge in [-0.3, -0.25) is 0 Å². The molecule has 108 valence electrons. The number of hydrogen-bond donors (Lipinski definition) is 2. The third-order valence-corrected chi connectivity index (χ3v) is 5.35. The number of aromatic nitrogens is 2. The standard InChI is InChI=1S/C11H20N4O3S/c1-14-4-2-10(3-5-14)15(6-7-16)19(17,18)11-8-12-9-13-11/h8-10,16H,2-7H2,1H3,(H,12,13). The second-order valence-corrected chi connectivity index (χ2v) is 6.65. The van der Waals surface area contributed by atoms with Gasteiger partial charge in [0, 0.05) is 12.6 Å². The molecule has 2 heterocycles. The van der Waals surface area contributed by atoms with Crippen LogP contribution in [-0.4, -0.2) is 72.0 Å². The predicted molar refractivity (Wildman–Crippen MR) is 70.1 cm³/mol. The monoisotopic (exact) mass is 288 g/mol. The highest BCUT2D eigenvalue weighted by atomic mass is 32.2. The Bertz CT molecular complexity index is 480. The summed E-state index contributed by atoms with van der Waals surface area (Å²) in [6.45, 7) is 1.67. The maximum absolute atomic E-state index is 12.5. The summed E-state index contributed by atoms with van der Waals surface area (Å²) >= 11 is 0. The molecule has 1 fully saturated rings. The molecule has 0 radical (unpaired) electrons. The summed E-state index contributed by atoms with van der Waals surface area (Å²) in [6, 6.07) is -0.0587. The van der Waals surface area contributed by atoms with E-state index in [2.05, 4.69) is 14.9 Å². The van der Waals surface area contributed by atoms with Crippen LogP contribution in [0.2, 0.25) is 0 Å². The number of H-pyrrole nitrogens is 1. The van der Waals surface area contributed by atoms with E-state index in [1.54, 1.807) is 0 Å². The number of aromatic amines is 1. The summed E-state index contributed by atoms with van der Waals surface area (Å²) in [6.07, 6.45) is 4.21. The SMILES string of the molecule is CN1CCC(N(CCO)S(=O)(=O)c2cnc[nH]2)CC1. The summed E-state index contributed by atoms with van der Waals surface area (Å²) < 4.78 is 26.4. The second-order valence-electron chi connectivity index (χ2n) is 4.79. The van der Waals surface area contributed by atoms with E-state index < -0.39 is 10.0 Å². The minimum absolute atomic E-state index is 0.0587. The van der Waals surface area contributed by atoms with Crippen molar-refractivity contribution in [3.8, 4) is 0 Å². The molecule has 0 saturated carbocycles. The first-order valence-corrected chi connectivity index (χ1v) is 7.79. The minimum Gasteiger partial charge on any atom is -0.395 e. The van der Waals surface area contributed by atoms with Gasteiger partial charge in [-0.05, 0) is 33.0 Å². The third-order valence-electron chi connectivity index (χ3n) is 3.48. The molecule has 0 amide bonds. The second kappa shape index (κ2) is 6.00. The van der Waals surface area contributed by atoms with Gasteiger partial charge in [-0.25, -0.2) is 13.4 Å². The van der Waals surface area contributed by atoms with Crippen LogP contribution in [0.15, 0.2) is 17.6 Å². The van der Waals surface area contributed by atoms with E-state index >= 15 is 0 Å². The molecule has 2 N–H and O–H groups in total. The first kappa shape index (κ1) is 14.4. The molecule has 0 atom stereocenters. The van der Waals surface area contributed by atoms with Crippen LogP contribution >= 0.6 is 0 Å². The van der Waals surface area contributed by atoms with Crippen LogP contribution in [0.5, 0.6) is 0 Å². The zero-order valence-electron chi connectivity index (χ0n) is 11.0. The molecule has 8 heteroatoms. The van der Waals surface area contributed by atoms with E-state index in [1.807, 2.05) is 7.05 Å². The van der Waals surface area contributed by atoms with Crippen molar-refractivity contribution in [2.45, 2.75) is 23.9 Å². The topological polar surface area (TPSA) is 89.5 Å². The maximum Gasteiger partial charge on any atom is 0.260 e. The highest BCUT2D eigenvalue weighted by Gasteiger charge is 2.33. The molecule has 7 nitrogen and oxygen atoms in total. The predicted octanol–water partition coefficient (Wildman–Crippen LogP) is -0.513. The Morgan fingerprint density at radius 1 is 1.53 bits per heavy atom. The van der Waals surface area contributed by atoms with Gasteiger partial charge in [-0.2, -0.15) is 4.31 Å². The molecule has 1 saturated heterocycles. The number of piperidine rings is 1. The molecular weight excluding hydrogens is 268 g/mol. The average Bonchev–Trinajstić information content (AvgIpc) is 2.92. The molecule has 0 spiro atoms. The normalized spacial score (nSPS) is 19.1. The lowest BCUT2D eigenvalue weighted by Crippen LogP contribution is -2.47. The molecule has 1 aromatic rings.